The topological polar surface area (TPSA) is 26.0 Å². The van der Waals surface area contributed by atoms with Gasteiger partial charge in [0.05, 0.1) is 0 Å². The summed E-state index contributed by atoms with van der Waals surface area (Å²) in [5.74, 6) is 1.03. The molecular formula is C24H39N. The quantitative estimate of drug-likeness (QED) is 0.506. The Hall–Kier alpha value is -1.50. The van der Waals surface area contributed by atoms with Gasteiger partial charge in [0.2, 0.25) is 0 Å². The molecule has 2 N–H and O–H groups in total. The van der Waals surface area contributed by atoms with Crippen molar-refractivity contribution in [3.05, 3.63) is 58.4 Å². The van der Waals surface area contributed by atoms with Crippen LogP contribution in [0, 0.1) is 11.8 Å². The van der Waals surface area contributed by atoms with E-state index in [-0.39, 0.29) is 0 Å². The van der Waals surface area contributed by atoms with Gasteiger partial charge in [-0.15, -0.1) is 0 Å². The molecule has 1 rings (SSSR count). The fourth-order valence-corrected chi connectivity index (χ4v) is 3.95. The summed E-state index contributed by atoms with van der Waals surface area (Å²) >= 11 is 0. The van der Waals surface area contributed by atoms with Crippen LogP contribution in [0.1, 0.15) is 80.1 Å². The van der Waals surface area contributed by atoms with Crippen LogP contribution in [-0.4, -0.2) is 0 Å². The molecular weight excluding hydrogens is 302 g/mol. The van der Waals surface area contributed by atoms with Crippen LogP contribution in [0.4, 0.5) is 0 Å². The van der Waals surface area contributed by atoms with Crippen molar-refractivity contribution in [2.75, 3.05) is 0 Å². The van der Waals surface area contributed by atoms with Crippen LogP contribution in [0.5, 0.6) is 0 Å². The largest absolute Gasteiger partial charge is 0.405 e. The van der Waals surface area contributed by atoms with Crippen molar-refractivity contribution in [2.45, 2.75) is 80.1 Å². The molecule has 0 heterocycles. The van der Waals surface area contributed by atoms with E-state index in [0.29, 0.717) is 11.8 Å². The second kappa shape index (κ2) is 10.5. The van der Waals surface area contributed by atoms with Gasteiger partial charge in [0.25, 0.3) is 0 Å². The van der Waals surface area contributed by atoms with Crippen molar-refractivity contribution in [1.82, 2.24) is 0 Å². The van der Waals surface area contributed by atoms with E-state index in [4.69, 9.17) is 5.73 Å². The highest BCUT2D eigenvalue weighted by Gasteiger charge is 2.21. The molecule has 25 heavy (non-hydrogen) atoms. The van der Waals surface area contributed by atoms with Crippen molar-refractivity contribution in [1.29, 1.82) is 0 Å². The predicted molar refractivity (Wildman–Crippen MR) is 113 cm³/mol. The number of rotatable bonds is 6. The van der Waals surface area contributed by atoms with E-state index in [1.807, 2.05) is 6.20 Å². The molecule has 1 unspecified atom stereocenters. The minimum Gasteiger partial charge on any atom is -0.405 e. The second-order valence-electron chi connectivity index (χ2n) is 7.57. The summed E-state index contributed by atoms with van der Waals surface area (Å²) in [7, 11) is 0. The third-order valence-electron chi connectivity index (χ3n) is 5.76. The fourth-order valence-electron chi connectivity index (χ4n) is 3.95. The Labute approximate surface area is 156 Å². The van der Waals surface area contributed by atoms with Crippen molar-refractivity contribution in [2.24, 2.45) is 17.6 Å². The Kier molecular flexibility index (Phi) is 9.03. The molecule has 0 amide bonds. The Morgan fingerprint density at radius 2 is 2.04 bits per heavy atom. The maximum Gasteiger partial charge on any atom is -0.00152 e. The average molecular weight is 342 g/mol. The van der Waals surface area contributed by atoms with Crippen LogP contribution in [0.25, 0.3) is 0 Å². The number of hydrogen-bond acceptors (Lipinski definition) is 1. The lowest BCUT2D eigenvalue weighted by atomic mass is 9.78. The van der Waals surface area contributed by atoms with Crippen molar-refractivity contribution in [3.63, 3.8) is 0 Å². The van der Waals surface area contributed by atoms with E-state index in [1.165, 1.54) is 47.1 Å². The summed E-state index contributed by atoms with van der Waals surface area (Å²) in [4.78, 5) is 0. The molecule has 1 nitrogen and oxygen atoms in total. The summed E-state index contributed by atoms with van der Waals surface area (Å²) in [6.45, 7) is 18.0. The second-order valence-corrected chi connectivity index (χ2v) is 7.57. The van der Waals surface area contributed by atoms with Crippen LogP contribution in [0.15, 0.2) is 58.4 Å². The molecule has 0 fully saturated rings. The third kappa shape index (κ3) is 5.49. The number of nitrogens with two attached hydrogens (primary N) is 1. The van der Waals surface area contributed by atoms with Gasteiger partial charge in [0.1, 0.15) is 0 Å². The summed E-state index contributed by atoms with van der Waals surface area (Å²) in [6.07, 6.45) is 13.0. The highest BCUT2D eigenvalue weighted by Crippen LogP contribution is 2.38. The van der Waals surface area contributed by atoms with Crippen LogP contribution < -0.4 is 5.73 Å². The van der Waals surface area contributed by atoms with Crippen LogP contribution >= 0.6 is 0 Å². The fraction of sp³-hybridized carbons (Fsp3) is 0.583. The first kappa shape index (κ1) is 21.5. The number of allylic oxidation sites excluding steroid dienone is 8. The average Bonchev–Trinajstić information content (AvgIpc) is 2.60. The minimum atomic E-state index is 0.478. The van der Waals surface area contributed by atoms with Gasteiger partial charge in [0.15, 0.2) is 0 Å². The van der Waals surface area contributed by atoms with E-state index < -0.39 is 0 Å². The molecule has 0 aromatic rings. The first-order chi connectivity index (χ1) is 11.9. The monoisotopic (exact) mass is 341 g/mol. The van der Waals surface area contributed by atoms with Crippen LogP contribution in [0.3, 0.4) is 0 Å². The van der Waals surface area contributed by atoms with Gasteiger partial charge in [-0.3, -0.25) is 0 Å². The zero-order valence-electron chi connectivity index (χ0n) is 17.4. The smallest absolute Gasteiger partial charge is 0.00152 e. The van der Waals surface area contributed by atoms with Crippen molar-refractivity contribution in [3.8, 4) is 0 Å². The Morgan fingerprint density at radius 3 is 2.52 bits per heavy atom. The Balaban J connectivity index is 3.70. The normalized spacial score (nSPS) is 28.7. The van der Waals surface area contributed by atoms with Gasteiger partial charge < -0.3 is 5.73 Å². The molecule has 0 saturated carbocycles. The molecule has 140 valence electrons. The van der Waals surface area contributed by atoms with Gasteiger partial charge in [-0.2, -0.15) is 0 Å². The molecule has 0 saturated heterocycles. The van der Waals surface area contributed by atoms with Gasteiger partial charge >= 0.3 is 0 Å². The molecule has 0 bridgehead atoms. The molecule has 1 aliphatic carbocycles. The maximum absolute atomic E-state index is 5.92. The molecule has 1 atom stereocenters. The van der Waals surface area contributed by atoms with E-state index in [2.05, 4.69) is 60.3 Å². The van der Waals surface area contributed by atoms with Crippen LogP contribution in [-0.2, 0) is 0 Å². The first-order valence-corrected chi connectivity index (χ1v) is 10.0. The molecule has 0 aromatic carbocycles. The molecule has 0 aromatic heterocycles. The van der Waals surface area contributed by atoms with E-state index in [1.54, 1.807) is 5.57 Å². The number of hydrogen-bond donors (Lipinski definition) is 1. The van der Waals surface area contributed by atoms with Crippen molar-refractivity contribution < 1.29 is 0 Å². The summed E-state index contributed by atoms with van der Waals surface area (Å²) in [5.41, 5.74) is 14.7. The lowest BCUT2D eigenvalue weighted by Crippen LogP contribution is -2.11. The maximum atomic E-state index is 5.92. The minimum absolute atomic E-state index is 0.478. The Morgan fingerprint density at radius 1 is 1.36 bits per heavy atom. The van der Waals surface area contributed by atoms with Gasteiger partial charge in [-0.25, -0.2) is 0 Å². The van der Waals surface area contributed by atoms with Crippen molar-refractivity contribution >= 4 is 0 Å². The highest BCUT2D eigenvalue weighted by atomic mass is 14.5. The summed E-state index contributed by atoms with van der Waals surface area (Å²) in [6, 6.07) is 0. The van der Waals surface area contributed by atoms with Gasteiger partial charge in [-0.05, 0) is 74.6 Å². The lowest BCUT2D eigenvalue weighted by Gasteiger charge is -2.27. The summed E-state index contributed by atoms with van der Waals surface area (Å²) < 4.78 is 0. The first-order valence-electron chi connectivity index (χ1n) is 10.0. The van der Waals surface area contributed by atoms with E-state index >= 15 is 0 Å². The van der Waals surface area contributed by atoms with Crippen LogP contribution in [0.2, 0.25) is 0 Å². The summed E-state index contributed by atoms with van der Waals surface area (Å²) in [5, 5.41) is 0. The molecule has 0 radical (unpaired) electrons. The third-order valence-corrected chi connectivity index (χ3v) is 5.76. The zero-order chi connectivity index (χ0) is 19.0. The zero-order valence-corrected chi connectivity index (χ0v) is 17.4. The predicted octanol–water partition coefficient (Wildman–Crippen LogP) is 7.24. The molecule has 0 spiro atoms. The molecule has 1 heteroatoms. The van der Waals surface area contributed by atoms with Gasteiger partial charge in [0, 0.05) is 0 Å². The van der Waals surface area contributed by atoms with Gasteiger partial charge in [-0.1, -0.05) is 75.6 Å². The molecule has 1 aliphatic rings. The highest BCUT2D eigenvalue weighted by molar-refractivity contribution is 5.49. The van der Waals surface area contributed by atoms with E-state index in [0.717, 1.165) is 19.3 Å². The van der Waals surface area contributed by atoms with E-state index in [9.17, 15) is 0 Å². The SMILES string of the molecule is C=CC1=C(\CC)C(C)/C(C)=C\CCC/C(C(C)C)=C\1C/C(=C\N)CC. The molecule has 0 aliphatic heterocycles. The Bertz CT molecular complexity index is 581. The standard InChI is InChI=1S/C24H39N/c1-8-20(16-25)15-24-22(10-3)21(9-2)19(7)18(6)13-11-12-14-23(24)17(4)5/h10,13,16-17,19H,3,8-9,11-12,14-15,25H2,1-2,4-7H3/b18-13-,20-16-,22-21-,24-23+. The lowest BCUT2D eigenvalue weighted by molar-refractivity contribution is 0.659.